The molecule has 2 aromatic heterocycles. The molecule has 0 saturated carbocycles. The van der Waals surface area contributed by atoms with Crippen molar-refractivity contribution < 1.29 is 13.9 Å². The predicted octanol–water partition coefficient (Wildman–Crippen LogP) is 2.77. The van der Waals surface area contributed by atoms with Crippen molar-refractivity contribution in [2.24, 2.45) is 0 Å². The first-order valence-corrected chi connectivity index (χ1v) is 7.06. The number of aromatic nitrogens is 1. The summed E-state index contributed by atoms with van der Waals surface area (Å²) < 4.78 is 10.8. The van der Waals surface area contributed by atoms with Crippen molar-refractivity contribution >= 4 is 12.0 Å². The number of nitrogens with zero attached hydrogens (tertiary/aromatic N) is 2. The Morgan fingerprint density at radius 1 is 1.24 bits per heavy atom. The monoisotopic (exact) mass is 286 g/mol. The van der Waals surface area contributed by atoms with E-state index in [1.54, 1.807) is 12.5 Å². The van der Waals surface area contributed by atoms with Gasteiger partial charge in [-0.25, -0.2) is 4.98 Å². The molecule has 0 N–H and O–H groups in total. The van der Waals surface area contributed by atoms with Gasteiger partial charge in [0.05, 0.1) is 36.1 Å². The Bertz CT molecular complexity index is 614. The van der Waals surface area contributed by atoms with Crippen molar-refractivity contribution in [1.82, 2.24) is 4.98 Å². The van der Waals surface area contributed by atoms with E-state index >= 15 is 0 Å². The second-order valence-electron chi connectivity index (χ2n) is 5.39. The van der Waals surface area contributed by atoms with Gasteiger partial charge in [-0.1, -0.05) is 0 Å². The maximum absolute atomic E-state index is 11.4. The highest BCUT2D eigenvalue weighted by molar-refractivity contribution is 5.83. The molecule has 0 aliphatic carbocycles. The Balaban J connectivity index is 1.94. The summed E-state index contributed by atoms with van der Waals surface area (Å²) >= 11 is 0. The van der Waals surface area contributed by atoms with Crippen LogP contribution in [0.5, 0.6) is 0 Å². The fourth-order valence-corrected chi connectivity index (χ4v) is 2.77. The lowest BCUT2D eigenvalue weighted by atomic mass is 10.1. The van der Waals surface area contributed by atoms with Crippen LogP contribution < -0.4 is 4.90 Å². The zero-order valence-electron chi connectivity index (χ0n) is 12.2. The van der Waals surface area contributed by atoms with Crippen molar-refractivity contribution in [1.29, 1.82) is 0 Å². The molecule has 0 radical (unpaired) electrons. The number of anilines is 1. The van der Waals surface area contributed by atoms with Crippen LogP contribution in [0, 0.1) is 0 Å². The number of hydrogen-bond donors (Lipinski definition) is 0. The molecule has 0 amide bonds. The van der Waals surface area contributed by atoms with Crippen LogP contribution in [0.3, 0.4) is 0 Å². The number of aldehydes is 1. The van der Waals surface area contributed by atoms with E-state index in [9.17, 15) is 4.79 Å². The fraction of sp³-hybridized carbons (Fsp3) is 0.375. The highest BCUT2D eigenvalue weighted by atomic mass is 16.5. The number of carbonyl (C=O) groups is 1. The van der Waals surface area contributed by atoms with E-state index in [-0.39, 0.29) is 12.2 Å². The van der Waals surface area contributed by atoms with Gasteiger partial charge in [-0.3, -0.25) is 4.79 Å². The summed E-state index contributed by atoms with van der Waals surface area (Å²) in [6, 6.07) is 5.69. The molecular formula is C16H18N2O3. The molecule has 0 aromatic carbocycles. The van der Waals surface area contributed by atoms with Gasteiger partial charge in [0.2, 0.25) is 0 Å². The number of hydrogen-bond acceptors (Lipinski definition) is 5. The van der Waals surface area contributed by atoms with E-state index in [0.717, 1.165) is 36.3 Å². The Morgan fingerprint density at radius 2 is 2.00 bits per heavy atom. The maximum Gasteiger partial charge on any atom is 0.170 e. The van der Waals surface area contributed by atoms with E-state index in [4.69, 9.17) is 9.15 Å². The van der Waals surface area contributed by atoms with Crippen LogP contribution in [0.4, 0.5) is 5.69 Å². The molecule has 3 heterocycles. The molecule has 5 nitrogen and oxygen atoms in total. The first kappa shape index (κ1) is 13.8. The number of ether oxygens (including phenoxy) is 1. The minimum atomic E-state index is 0.141. The lowest BCUT2D eigenvalue weighted by molar-refractivity contribution is -0.00527. The minimum absolute atomic E-state index is 0.141. The predicted molar refractivity (Wildman–Crippen MR) is 79.5 cm³/mol. The third kappa shape index (κ3) is 2.83. The largest absolute Gasteiger partial charge is 0.472 e. The molecule has 1 aliphatic heterocycles. The molecule has 0 spiro atoms. The van der Waals surface area contributed by atoms with Crippen molar-refractivity contribution in [3.8, 4) is 11.3 Å². The van der Waals surface area contributed by atoms with Gasteiger partial charge >= 0.3 is 0 Å². The van der Waals surface area contributed by atoms with Gasteiger partial charge < -0.3 is 14.1 Å². The van der Waals surface area contributed by atoms with E-state index in [2.05, 4.69) is 9.88 Å². The topological polar surface area (TPSA) is 55.6 Å². The number of carbonyl (C=O) groups excluding carboxylic acids is 1. The Morgan fingerprint density at radius 3 is 2.62 bits per heavy atom. The van der Waals surface area contributed by atoms with Crippen molar-refractivity contribution in [2.45, 2.75) is 26.1 Å². The highest BCUT2D eigenvalue weighted by Crippen LogP contribution is 2.26. The molecular weight excluding hydrogens is 268 g/mol. The van der Waals surface area contributed by atoms with Gasteiger partial charge in [-0.15, -0.1) is 0 Å². The Labute approximate surface area is 123 Å². The minimum Gasteiger partial charge on any atom is -0.472 e. The molecule has 0 bridgehead atoms. The third-order valence-electron chi connectivity index (χ3n) is 3.59. The van der Waals surface area contributed by atoms with E-state index in [0.29, 0.717) is 5.69 Å². The number of furan rings is 1. The van der Waals surface area contributed by atoms with Crippen molar-refractivity contribution in [3.05, 3.63) is 36.4 Å². The molecule has 3 rings (SSSR count). The SMILES string of the molecule is C[C@@H]1CN(c2ccc(-c3ccoc3)nc2C=O)C[C@H](C)O1. The smallest absolute Gasteiger partial charge is 0.170 e. The standard InChI is InChI=1S/C16H18N2O3/c1-11-7-18(8-12(2)21-11)16-4-3-14(17-15(16)9-19)13-5-6-20-10-13/h3-6,9-12H,7-8H2,1-2H3/t11-,12+. The summed E-state index contributed by atoms with van der Waals surface area (Å²) in [5.74, 6) is 0. The van der Waals surface area contributed by atoms with Gasteiger partial charge in [-0.05, 0) is 32.0 Å². The number of pyridine rings is 1. The summed E-state index contributed by atoms with van der Waals surface area (Å²) in [7, 11) is 0. The molecule has 2 aromatic rings. The van der Waals surface area contributed by atoms with Crippen molar-refractivity contribution in [3.63, 3.8) is 0 Å². The zero-order chi connectivity index (χ0) is 14.8. The van der Waals surface area contributed by atoms with Crippen LogP contribution in [0.15, 0.2) is 35.1 Å². The average Bonchev–Trinajstić information content (AvgIpc) is 2.99. The summed E-state index contributed by atoms with van der Waals surface area (Å²) in [5.41, 5.74) is 2.92. The van der Waals surface area contributed by atoms with Gasteiger partial charge in [-0.2, -0.15) is 0 Å². The molecule has 2 atom stereocenters. The summed E-state index contributed by atoms with van der Waals surface area (Å²) in [6.07, 6.45) is 4.30. The fourth-order valence-electron chi connectivity index (χ4n) is 2.77. The number of morpholine rings is 1. The molecule has 1 saturated heterocycles. The molecule has 1 aliphatic rings. The second-order valence-corrected chi connectivity index (χ2v) is 5.39. The maximum atomic E-state index is 11.4. The van der Waals surface area contributed by atoms with E-state index in [1.165, 1.54) is 0 Å². The second kappa shape index (κ2) is 5.69. The Kier molecular flexibility index (Phi) is 3.75. The zero-order valence-corrected chi connectivity index (χ0v) is 12.2. The average molecular weight is 286 g/mol. The third-order valence-corrected chi connectivity index (χ3v) is 3.59. The molecule has 21 heavy (non-hydrogen) atoms. The Hall–Kier alpha value is -2.14. The quantitative estimate of drug-likeness (QED) is 0.812. The summed E-state index contributed by atoms with van der Waals surface area (Å²) in [5, 5.41) is 0. The normalized spacial score (nSPS) is 22.3. The molecule has 0 unspecified atom stereocenters. The van der Waals surface area contributed by atoms with Gasteiger partial charge in [0, 0.05) is 18.7 Å². The van der Waals surface area contributed by atoms with Crippen LogP contribution in [0.2, 0.25) is 0 Å². The molecule has 110 valence electrons. The lowest BCUT2D eigenvalue weighted by Crippen LogP contribution is -2.45. The van der Waals surface area contributed by atoms with Crippen molar-refractivity contribution in [2.75, 3.05) is 18.0 Å². The van der Waals surface area contributed by atoms with E-state index < -0.39 is 0 Å². The molecule has 1 fully saturated rings. The molecule has 5 heteroatoms. The summed E-state index contributed by atoms with van der Waals surface area (Å²) in [6.45, 7) is 5.60. The van der Waals surface area contributed by atoms with Crippen LogP contribution in [-0.2, 0) is 4.74 Å². The van der Waals surface area contributed by atoms with Crippen LogP contribution in [0.1, 0.15) is 24.3 Å². The van der Waals surface area contributed by atoms with E-state index in [1.807, 2.05) is 32.0 Å². The number of rotatable bonds is 3. The van der Waals surface area contributed by atoms with Crippen LogP contribution in [0.25, 0.3) is 11.3 Å². The van der Waals surface area contributed by atoms with Crippen LogP contribution in [-0.4, -0.2) is 36.6 Å². The first-order valence-electron chi connectivity index (χ1n) is 7.06. The van der Waals surface area contributed by atoms with Gasteiger partial charge in [0.25, 0.3) is 0 Å². The summed E-state index contributed by atoms with van der Waals surface area (Å²) in [4.78, 5) is 18.0. The van der Waals surface area contributed by atoms with Gasteiger partial charge in [0.15, 0.2) is 6.29 Å². The first-order chi connectivity index (χ1) is 10.2. The van der Waals surface area contributed by atoms with Gasteiger partial charge in [0.1, 0.15) is 5.69 Å². The highest BCUT2D eigenvalue weighted by Gasteiger charge is 2.24. The lowest BCUT2D eigenvalue weighted by Gasteiger charge is -2.37. The van der Waals surface area contributed by atoms with Crippen LogP contribution >= 0.6 is 0 Å².